The zero-order chi connectivity index (χ0) is 18.3. The van der Waals surface area contributed by atoms with Gasteiger partial charge in [0.15, 0.2) is 0 Å². The van der Waals surface area contributed by atoms with Crippen LogP contribution in [0.1, 0.15) is 44.4 Å². The highest BCUT2D eigenvalue weighted by Crippen LogP contribution is 2.48. The maximum Gasteiger partial charge on any atom is 0.201 e. The summed E-state index contributed by atoms with van der Waals surface area (Å²) >= 11 is 0. The van der Waals surface area contributed by atoms with Crippen LogP contribution in [-0.2, 0) is 0 Å². The summed E-state index contributed by atoms with van der Waals surface area (Å²) in [5, 5.41) is 20.7. The highest BCUT2D eigenvalue weighted by atomic mass is 16.3. The summed E-state index contributed by atoms with van der Waals surface area (Å²) in [4.78, 5) is 13.0. The first-order valence-electron chi connectivity index (χ1n) is 8.33. The molecule has 3 aromatic carbocycles. The van der Waals surface area contributed by atoms with Crippen LogP contribution in [0.3, 0.4) is 0 Å². The monoisotopic (exact) mass is 340 g/mol. The molecule has 3 nitrogen and oxygen atoms in total. The number of hydrogen-bond acceptors (Lipinski definition) is 3. The average molecular weight is 340 g/mol. The van der Waals surface area contributed by atoms with E-state index in [4.69, 9.17) is 6.42 Å². The van der Waals surface area contributed by atoms with Crippen LogP contribution in [0.15, 0.2) is 66.7 Å². The summed E-state index contributed by atoms with van der Waals surface area (Å²) in [5.74, 6) is 1.58. The Bertz CT molecular complexity index is 989. The van der Waals surface area contributed by atoms with Crippen molar-refractivity contribution >= 4 is 5.78 Å². The molecule has 1 atom stereocenters. The molecule has 0 saturated carbocycles. The van der Waals surface area contributed by atoms with E-state index >= 15 is 0 Å². The first-order chi connectivity index (χ1) is 12.6. The minimum absolute atomic E-state index is 0.102. The second kappa shape index (κ2) is 6.09. The number of hydrogen-bond donors (Lipinski definition) is 2. The molecule has 0 spiro atoms. The SMILES string of the molecule is C#C[C@@H](c1ccccc1)C1c2cccc(O)c2C(=O)c2c(O)cccc21. The molecule has 26 heavy (non-hydrogen) atoms. The van der Waals surface area contributed by atoms with Gasteiger partial charge in [0.25, 0.3) is 0 Å². The minimum Gasteiger partial charge on any atom is -0.507 e. The third kappa shape index (κ3) is 2.28. The second-order valence-electron chi connectivity index (χ2n) is 6.34. The van der Waals surface area contributed by atoms with Crippen LogP contribution in [0.25, 0.3) is 0 Å². The summed E-state index contributed by atoms with van der Waals surface area (Å²) in [5.41, 5.74) is 2.73. The normalized spacial score (nSPS) is 14.2. The molecule has 3 heteroatoms. The fourth-order valence-electron chi connectivity index (χ4n) is 3.83. The van der Waals surface area contributed by atoms with E-state index in [1.54, 1.807) is 12.1 Å². The van der Waals surface area contributed by atoms with E-state index in [2.05, 4.69) is 5.92 Å². The number of carbonyl (C=O) groups is 1. The standard InChI is InChI=1S/C23H16O3/c1-2-15(14-8-4-3-5-9-14)20-16-10-6-12-18(24)21(16)23(26)22-17(20)11-7-13-19(22)25/h1,3-13,15,20,24-25H/t15-/m0/s1. The van der Waals surface area contributed by atoms with Crippen molar-refractivity contribution in [2.75, 3.05) is 0 Å². The molecule has 0 unspecified atom stereocenters. The van der Waals surface area contributed by atoms with Crippen LogP contribution in [0.5, 0.6) is 11.5 Å². The largest absolute Gasteiger partial charge is 0.507 e. The quantitative estimate of drug-likeness (QED) is 0.688. The predicted octanol–water partition coefficient (Wildman–Crippen LogP) is 4.19. The fraction of sp³-hybridized carbons (Fsp3) is 0.0870. The Balaban J connectivity index is 2.03. The van der Waals surface area contributed by atoms with Crippen LogP contribution in [-0.4, -0.2) is 16.0 Å². The molecule has 0 amide bonds. The van der Waals surface area contributed by atoms with Gasteiger partial charge in [-0.3, -0.25) is 4.79 Å². The highest BCUT2D eigenvalue weighted by molar-refractivity contribution is 6.16. The number of benzene rings is 3. The topological polar surface area (TPSA) is 57.5 Å². The van der Waals surface area contributed by atoms with E-state index in [-0.39, 0.29) is 40.2 Å². The first kappa shape index (κ1) is 16.0. The van der Waals surface area contributed by atoms with Gasteiger partial charge >= 0.3 is 0 Å². The van der Waals surface area contributed by atoms with Gasteiger partial charge in [-0.1, -0.05) is 60.5 Å². The summed E-state index contributed by atoms with van der Waals surface area (Å²) in [7, 11) is 0. The molecule has 4 rings (SSSR count). The molecule has 3 aromatic rings. The summed E-state index contributed by atoms with van der Waals surface area (Å²) in [6.07, 6.45) is 5.90. The third-order valence-corrected chi connectivity index (χ3v) is 4.95. The number of phenolic OH excluding ortho intramolecular Hbond substituents is 2. The minimum atomic E-state index is -0.383. The van der Waals surface area contributed by atoms with E-state index in [1.165, 1.54) is 12.1 Å². The number of aromatic hydroxyl groups is 2. The van der Waals surface area contributed by atoms with Crippen LogP contribution >= 0.6 is 0 Å². The van der Waals surface area contributed by atoms with Gasteiger partial charge in [0, 0.05) is 5.92 Å². The van der Waals surface area contributed by atoms with Crippen LogP contribution in [0.4, 0.5) is 0 Å². The van der Waals surface area contributed by atoms with Crippen molar-refractivity contribution in [2.24, 2.45) is 0 Å². The molecular weight excluding hydrogens is 324 g/mol. The van der Waals surface area contributed by atoms with Crippen LogP contribution in [0, 0.1) is 12.3 Å². The van der Waals surface area contributed by atoms with Crippen molar-refractivity contribution in [3.8, 4) is 23.8 Å². The van der Waals surface area contributed by atoms with Crippen molar-refractivity contribution in [1.82, 2.24) is 0 Å². The smallest absolute Gasteiger partial charge is 0.201 e. The molecule has 126 valence electrons. The molecule has 0 fully saturated rings. The first-order valence-corrected chi connectivity index (χ1v) is 8.33. The van der Waals surface area contributed by atoms with Crippen molar-refractivity contribution in [3.05, 3.63) is 94.5 Å². The molecular formula is C23H16O3. The Kier molecular flexibility index (Phi) is 3.74. The summed E-state index contributed by atoms with van der Waals surface area (Å²) in [6, 6.07) is 19.7. The van der Waals surface area contributed by atoms with Crippen molar-refractivity contribution in [1.29, 1.82) is 0 Å². The fourth-order valence-corrected chi connectivity index (χ4v) is 3.83. The molecule has 0 bridgehead atoms. The second-order valence-corrected chi connectivity index (χ2v) is 6.34. The van der Waals surface area contributed by atoms with Crippen LogP contribution < -0.4 is 0 Å². The molecule has 0 aliphatic heterocycles. The number of carbonyl (C=O) groups excluding carboxylic acids is 1. The number of fused-ring (bicyclic) bond motifs is 2. The number of ketones is 1. The summed E-state index contributed by atoms with van der Waals surface area (Å²) < 4.78 is 0. The van der Waals surface area contributed by atoms with Gasteiger partial charge in [-0.25, -0.2) is 0 Å². The Morgan fingerprint density at radius 2 is 1.35 bits per heavy atom. The molecule has 1 aliphatic carbocycles. The number of rotatable bonds is 2. The molecule has 0 aromatic heterocycles. The zero-order valence-electron chi connectivity index (χ0n) is 13.9. The lowest BCUT2D eigenvalue weighted by molar-refractivity contribution is 0.102. The van der Waals surface area contributed by atoms with Gasteiger partial charge in [-0.05, 0) is 28.8 Å². The van der Waals surface area contributed by atoms with Gasteiger partial charge in [0.1, 0.15) is 11.5 Å². The van der Waals surface area contributed by atoms with Crippen LogP contribution in [0.2, 0.25) is 0 Å². The lowest BCUT2D eigenvalue weighted by Gasteiger charge is -2.32. The Hall–Kier alpha value is -3.51. The van der Waals surface area contributed by atoms with Crippen molar-refractivity contribution in [2.45, 2.75) is 11.8 Å². The van der Waals surface area contributed by atoms with Crippen molar-refractivity contribution < 1.29 is 15.0 Å². The molecule has 0 saturated heterocycles. The highest BCUT2D eigenvalue weighted by Gasteiger charge is 2.38. The van der Waals surface area contributed by atoms with E-state index in [9.17, 15) is 15.0 Å². The van der Waals surface area contributed by atoms with Gasteiger partial charge in [-0.2, -0.15) is 0 Å². The lowest BCUT2D eigenvalue weighted by atomic mass is 9.69. The van der Waals surface area contributed by atoms with E-state index in [0.717, 1.165) is 5.56 Å². The number of terminal acetylenes is 1. The average Bonchev–Trinajstić information content (AvgIpc) is 2.65. The van der Waals surface area contributed by atoms with E-state index in [1.807, 2.05) is 42.5 Å². The maximum absolute atomic E-state index is 13.0. The molecule has 1 aliphatic rings. The molecule has 0 radical (unpaired) electrons. The molecule has 2 N–H and O–H groups in total. The van der Waals surface area contributed by atoms with Gasteiger partial charge in [-0.15, -0.1) is 6.42 Å². The van der Waals surface area contributed by atoms with E-state index in [0.29, 0.717) is 11.1 Å². The zero-order valence-corrected chi connectivity index (χ0v) is 13.9. The maximum atomic E-state index is 13.0. The predicted molar refractivity (Wildman–Crippen MR) is 99.5 cm³/mol. The third-order valence-electron chi connectivity index (χ3n) is 4.95. The van der Waals surface area contributed by atoms with Crippen molar-refractivity contribution in [3.63, 3.8) is 0 Å². The van der Waals surface area contributed by atoms with E-state index < -0.39 is 0 Å². The van der Waals surface area contributed by atoms with Gasteiger partial charge in [0.2, 0.25) is 5.78 Å². The number of phenols is 2. The summed E-state index contributed by atoms with van der Waals surface area (Å²) in [6.45, 7) is 0. The molecule has 0 heterocycles. The Morgan fingerprint density at radius 1 is 0.808 bits per heavy atom. The van der Waals surface area contributed by atoms with Gasteiger partial charge in [0.05, 0.1) is 17.0 Å². The van der Waals surface area contributed by atoms with Gasteiger partial charge < -0.3 is 10.2 Å². The Labute approximate surface area is 151 Å². The Morgan fingerprint density at radius 3 is 1.85 bits per heavy atom. The lowest BCUT2D eigenvalue weighted by Crippen LogP contribution is -2.23.